The van der Waals surface area contributed by atoms with Gasteiger partial charge >= 0.3 is 10.4 Å². The van der Waals surface area contributed by atoms with Gasteiger partial charge in [-0.3, -0.25) is 0 Å². The summed E-state index contributed by atoms with van der Waals surface area (Å²) >= 11 is 0. The molecule has 0 N–H and O–H groups in total. The van der Waals surface area contributed by atoms with Gasteiger partial charge < -0.3 is 14.2 Å². The Balaban J connectivity index is 3.36. The molecule has 0 radical (unpaired) electrons. The number of rotatable bonds is 5. The third kappa shape index (κ3) is 3.59. The Kier molecular flexibility index (Phi) is 4.49. The molecule has 0 spiro atoms. The summed E-state index contributed by atoms with van der Waals surface area (Å²) in [6, 6.07) is 2.99. The smallest absolute Gasteiger partial charge is 0.417 e. The van der Waals surface area contributed by atoms with Crippen LogP contribution in [0.1, 0.15) is 5.56 Å². The molecular formula is C10H12FNO5S. The van der Waals surface area contributed by atoms with E-state index in [1.54, 1.807) is 0 Å². The summed E-state index contributed by atoms with van der Waals surface area (Å²) in [5.41, 5.74) is 0.196. The second-order valence-electron chi connectivity index (χ2n) is 3.09. The topological polar surface area (TPSA) is 74.2 Å². The van der Waals surface area contributed by atoms with Gasteiger partial charge in [-0.25, -0.2) is 0 Å². The van der Waals surface area contributed by atoms with Crippen LogP contribution in [0, 0.1) is 0 Å². The maximum atomic E-state index is 12.4. The highest BCUT2D eigenvalue weighted by atomic mass is 32.3. The Morgan fingerprint density at radius 3 is 1.94 bits per heavy atom. The van der Waals surface area contributed by atoms with E-state index in [1.165, 1.54) is 33.5 Å². The predicted molar refractivity (Wildman–Crippen MR) is 63.7 cm³/mol. The lowest BCUT2D eigenvalue weighted by molar-refractivity contribution is 0.374. The largest absolute Gasteiger partial charge is 0.496 e. The number of benzene rings is 1. The number of nitrogens with zero attached hydrogens (tertiary/aromatic N) is 1. The second kappa shape index (κ2) is 5.67. The number of ether oxygens (including phenoxy) is 3. The first-order valence-corrected chi connectivity index (χ1v) is 6.05. The van der Waals surface area contributed by atoms with E-state index in [0.717, 1.165) is 6.21 Å². The van der Waals surface area contributed by atoms with Crippen molar-refractivity contribution in [1.29, 1.82) is 0 Å². The molecule has 1 aromatic rings. The SMILES string of the molecule is COc1cc(OC)c(C=NS(=O)(=O)F)c(OC)c1. The van der Waals surface area contributed by atoms with Crippen LogP contribution in [0.3, 0.4) is 0 Å². The molecule has 0 fully saturated rings. The van der Waals surface area contributed by atoms with Gasteiger partial charge in [0.15, 0.2) is 0 Å². The maximum absolute atomic E-state index is 12.4. The lowest BCUT2D eigenvalue weighted by atomic mass is 10.2. The van der Waals surface area contributed by atoms with E-state index in [0.29, 0.717) is 5.75 Å². The first-order valence-electron chi connectivity index (χ1n) is 4.71. The van der Waals surface area contributed by atoms with E-state index in [-0.39, 0.29) is 17.1 Å². The van der Waals surface area contributed by atoms with Crippen molar-refractivity contribution in [1.82, 2.24) is 0 Å². The zero-order valence-corrected chi connectivity index (χ0v) is 10.8. The van der Waals surface area contributed by atoms with Crippen molar-refractivity contribution in [3.8, 4) is 17.2 Å². The molecular weight excluding hydrogens is 265 g/mol. The Hall–Kier alpha value is -1.83. The van der Waals surface area contributed by atoms with Gasteiger partial charge in [0.1, 0.15) is 17.2 Å². The Morgan fingerprint density at radius 1 is 1.11 bits per heavy atom. The molecule has 0 saturated heterocycles. The minimum absolute atomic E-state index is 0.196. The second-order valence-corrected chi connectivity index (χ2v) is 4.13. The summed E-state index contributed by atoms with van der Waals surface area (Å²) in [6.07, 6.45) is 0.812. The third-order valence-electron chi connectivity index (χ3n) is 2.06. The van der Waals surface area contributed by atoms with E-state index in [2.05, 4.69) is 4.40 Å². The van der Waals surface area contributed by atoms with Gasteiger partial charge in [0.05, 0.1) is 33.1 Å². The van der Waals surface area contributed by atoms with E-state index >= 15 is 0 Å². The van der Waals surface area contributed by atoms with Crippen LogP contribution in [-0.2, 0) is 10.4 Å². The van der Waals surface area contributed by atoms with Crippen molar-refractivity contribution in [2.45, 2.75) is 0 Å². The van der Waals surface area contributed by atoms with Gasteiger partial charge in [-0.05, 0) is 0 Å². The molecule has 0 atom stereocenters. The summed E-state index contributed by atoms with van der Waals surface area (Å²) in [7, 11) is -0.767. The lowest BCUT2D eigenvalue weighted by Gasteiger charge is -2.11. The van der Waals surface area contributed by atoms with Crippen LogP contribution in [0.15, 0.2) is 16.5 Å². The van der Waals surface area contributed by atoms with Gasteiger partial charge in [0.25, 0.3) is 0 Å². The summed E-state index contributed by atoms with van der Waals surface area (Å²) in [5.74, 6) is 0.946. The van der Waals surface area contributed by atoms with E-state index in [9.17, 15) is 12.3 Å². The highest BCUT2D eigenvalue weighted by Crippen LogP contribution is 2.32. The minimum atomic E-state index is -4.96. The van der Waals surface area contributed by atoms with Crippen molar-refractivity contribution in [3.63, 3.8) is 0 Å². The molecule has 8 heteroatoms. The maximum Gasteiger partial charge on any atom is 0.417 e. The zero-order chi connectivity index (χ0) is 13.8. The molecule has 6 nitrogen and oxygen atoms in total. The van der Waals surface area contributed by atoms with Gasteiger partial charge in [-0.1, -0.05) is 3.89 Å². The van der Waals surface area contributed by atoms with Crippen LogP contribution in [0.4, 0.5) is 3.89 Å². The summed E-state index contributed by atoms with van der Waals surface area (Å²) in [5, 5.41) is 0. The minimum Gasteiger partial charge on any atom is -0.496 e. The van der Waals surface area contributed by atoms with Crippen LogP contribution in [0.2, 0.25) is 0 Å². The first kappa shape index (κ1) is 14.2. The Labute approximate surface area is 104 Å². The molecule has 1 rings (SSSR count). The molecule has 0 aliphatic heterocycles. The van der Waals surface area contributed by atoms with Crippen LogP contribution in [0.25, 0.3) is 0 Å². The number of hydrogen-bond donors (Lipinski definition) is 0. The molecule has 18 heavy (non-hydrogen) atoms. The molecule has 0 saturated carbocycles. The molecule has 0 bridgehead atoms. The molecule has 1 aromatic carbocycles. The normalized spacial score (nSPS) is 11.6. The van der Waals surface area contributed by atoms with Gasteiger partial charge in [0.2, 0.25) is 0 Å². The lowest BCUT2D eigenvalue weighted by Crippen LogP contribution is -1.98. The van der Waals surface area contributed by atoms with E-state index < -0.39 is 10.4 Å². The number of halogens is 1. The highest BCUT2D eigenvalue weighted by Gasteiger charge is 2.12. The summed E-state index contributed by atoms with van der Waals surface area (Å²) in [4.78, 5) is 0. The van der Waals surface area contributed by atoms with Gasteiger partial charge in [-0.15, -0.1) is 4.40 Å². The summed E-state index contributed by atoms with van der Waals surface area (Å²) < 4.78 is 50.9. The van der Waals surface area contributed by atoms with Crippen molar-refractivity contribution in [2.75, 3.05) is 21.3 Å². The zero-order valence-electron chi connectivity index (χ0n) is 10.0. The highest BCUT2D eigenvalue weighted by molar-refractivity contribution is 7.85. The standard InChI is InChI=1S/C10H12FNO5S/c1-15-7-4-9(16-2)8(10(5-7)17-3)6-12-18(11,13)14/h4-6H,1-3H3. The average Bonchev–Trinajstić information content (AvgIpc) is 2.34. The Bertz CT molecular complexity index is 530. The third-order valence-corrected chi connectivity index (χ3v) is 2.42. The van der Waals surface area contributed by atoms with Crippen LogP contribution in [0.5, 0.6) is 17.2 Å². The fourth-order valence-corrected chi connectivity index (χ4v) is 1.51. The molecule has 0 unspecified atom stereocenters. The Morgan fingerprint density at radius 2 is 1.61 bits per heavy atom. The van der Waals surface area contributed by atoms with Crippen LogP contribution in [-0.4, -0.2) is 36.0 Å². The van der Waals surface area contributed by atoms with Crippen molar-refractivity contribution in [2.24, 2.45) is 4.40 Å². The summed E-state index contributed by atoms with van der Waals surface area (Å²) in [6.45, 7) is 0. The van der Waals surface area contributed by atoms with E-state index in [1.807, 2.05) is 0 Å². The average molecular weight is 277 g/mol. The van der Waals surface area contributed by atoms with Crippen LogP contribution >= 0.6 is 0 Å². The van der Waals surface area contributed by atoms with E-state index in [4.69, 9.17) is 14.2 Å². The monoisotopic (exact) mass is 277 g/mol. The van der Waals surface area contributed by atoms with Crippen molar-refractivity contribution < 1.29 is 26.5 Å². The molecule has 0 amide bonds. The molecule has 0 heterocycles. The van der Waals surface area contributed by atoms with Crippen molar-refractivity contribution in [3.05, 3.63) is 17.7 Å². The molecule has 100 valence electrons. The fraction of sp³-hybridized carbons (Fsp3) is 0.300. The fourth-order valence-electron chi connectivity index (χ4n) is 1.28. The number of hydrogen-bond acceptors (Lipinski definition) is 5. The molecule has 0 aliphatic rings. The molecule has 0 aliphatic carbocycles. The molecule has 0 aromatic heterocycles. The van der Waals surface area contributed by atoms with Crippen molar-refractivity contribution >= 4 is 16.6 Å². The first-order chi connectivity index (χ1) is 8.41. The van der Waals surface area contributed by atoms with Gasteiger partial charge in [0, 0.05) is 12.1 Å². The number of methoxy groups -OCH3 is 3. The van der Waals surface area contributed by atoms with Gasteiger partial charge in [-0.2, -0.15) is 8.42 Å². The van der Waals surface area contributed by atoms with Crippen LogP contribution < -0.4 is 14.2 Å². The predicted octanol–water partition coefficient (Wildman–Crippen LogP) is 1.35. The quantitative estimate of drug-likeness (QED) is 0.600.